The molecule has 0 radical (unpaired) electrons. The lowest BCUT2D eigenvalue weighted by Crippen LogP contribution is -2.35. The van der Waals surface area contributed by atoms with Gasteiger partial charge in [0.2, 0.25) is 11.8 Å². The first-order valence-corrected chi connectivity index (χ1v) is 10.9. The van der Waals surface area contributed by atoms with Gasteiger partial charge in [0.15, 0.2) is 12.6 Å². The molecule has 0 spiro atoms. The molecule has 0 saturated carbocycles. The largest absolute Gasteiger partial charge is 0.354 e. The molecule has 2 aliphatic heterocycles. The Balaban J connectivity index is 1.58. The molecule has 30 heavy (non-hydrogen) atoms. The zero-order valence-electron chi connectivity index (χ0n) is 17.0. The maximum Gasteiger partial charge on any atom is 0.234 e. The number of aryl methyl sites for hydroxylation is 1. The third-order valence-electron chi connectivity index (χ3n) is 4.84. The monoisotopic (exact) mass is 440 g/mol. The molecular formula is C21H29ClN2O6. The second-order valence-corrected chi connectivity index (χ2v) is 7.42. The van der Waals surface area contributed by atoms with Crippen molar-refractivity contribution >= 4 is 23.4 Å². The first-order valence-electron chi connectivity index (χ1n) is 10.4. The molecule has 2 amide bonds. The van der Waals surface area contributed by atoms with Crippen LogP contribution in [0.25, 0.3) is 0 Å². The normalized spacial score (nSPS) is 18.2. The lowest BCUT2D eigenvalue weighted by Gasteiger charge is -2.30. The van der Waals surface area contributed by atoms with E-state index >= 15 is 0 Å². The Bertz CT molecular complexity index is 705. The Kier molecular flexibility index (Phi) is 9.35. The molecular weight excluding hydrogens is 412 g/mol. The fraction of sp³-hybridized carbons (Fsp3) is 0.619. The molecule has 0 aliphatic carbocycles. The van der Waals surface area contributed by atoms with Gasteiger partial charge < -0.3 is 29.6 Å². The number of amides is 2. The minimum atomic E-state index is -0.456. The van der Waals surface area contributed by atoms with E-state index in [4.69, 9.17) is 30.5 Å². The van der Waals surface area contributed by atoms with Gasteiger partial charge in [-0.2, -0.15) is 0 Å². The number of hydrogen-bond donors (Lipinski definition) is 2. The quantitative estimate of drug-likeness (QED) is 0.450. The number of ether oxygens (including phenoxy) is 4. The second kappa shape index (κ2) is 12.2. The Morgan fingerprint density at radius 3 is 2.03 bits per heavy atom. The molecule has 3 rings (SSSR count). The van der Waals surface area contributed by atoms with Crippen LogP contribution in [0.4, 0.5) is 0 Å². The number of carbonyl (C=O) groups is 2. The summed E-state index contributed by atoms with van der Waals surface area (Å²) in [6.45, 7) is 3.32. The lowest BCUT2D eigenvalue weighted by molar-refractivity contribution is -0.197. The number of hydrogen-bond acceptors (Lipinski definition) is 6. The van der Waals surface area contributed by atoms with Crippen LogP contribution >= 0.6 is 11.6 Å². The molecule has 2 N–H and O–H groups in total. The SMILES string of the molecule is O=C(CCl)NCCNC(=O)CCc1ccc(C2OCCCO2)c(C2OCCCO2)c1. The number of nitrogens with one attached hydrogen (secondary N) is 2. The van der Waals surface area contributed by atoms with Gasteiger partial charge in [0.1, 0.15) is 5.88 Å². The number of carbonyl (C=O) groups excluding carboxylic acids is 2. The van der Waals surface area contributed by atoms with Crippen LogP contribution < -0.4 is 10.6 Å². The van der Waals surface area contributed by atoms with Crippen molar-refractivity contribution in [2.75, 3.05) is 45.4 Å². The third-order valence-corrected chi connectivity index (χ3v) is 5.09. The summed E-state index contributed by atoms with van der Waals surface area (Å²) < 4.78 is 23.2. The third kappa shape index (κ3) is 6.92. The van der Waals surface area contributed by atoms with Crippen LogP contribution in [-0.2, 0) is 35.0 Å². The summed E-state index contributed by atoms with van der Waals surface area (Å²) >= 11 is 5.41. The highest BCUT2D eigenvalue weighted by Crippen LogP contribution is 2.34. The van der Waals surface area contributed by atoms with Crippen molar-refractivity contribution in [1.82, 2.24) is 10.6 Å². The summed E-state index contributed by atoms with van der Waals surface area (Å²) in [6, 6.07) is 5.97. The summed E-state index contributed by atoms with van der Waals surface area (Å²) in [7, 11) is 0. The van der Waals surface area contributed by atoms with Crippen LogP contribution in [0.3, 0.4) is 0 Å². The fourth-order valence-electron chi connectivity index (χ4n) is 3.33. The smallest absolute Gasteiger partial charge is 0.234 e. The predicted molar refractivity (Wildman–Crippen MR) is 110 cm³/mol. The summed E-state index contributed by atoms with van der Waals surface area (Å²) in [5, 5.41) is 5.39. The molecule has 0 aromatic heterocycles. The highest BCUT2D eigenvalue weighted by molar-refractivity contribution is 6.27. The predicted octanol–water partition coefficient (Wildman–Crippen LogP) is 1.96. The van der Waals surface area contributed by atoms with E-state index in [1.165, 1.54) is 0 Å². The highest BCUT2D eigenvalue weighted by atomic mass is 35.5. The topological polar surface area (TPSA) is 95.1 Å². The molecule has 2 aliphatic rings. The van der Waals surface area contributed by atoms with Gasteiger partial charge >= 0.3 is 0 Å². The Morgan fingerprint density at radius 2 is 1.43 bits per heavy atom. The maximum absolute atomic E-state index is 12.1. The summed E-state index contributed by atoms with van der Waals surface area (Å²) in [6.07, 6.45) is 1.78. The Hall–Kier alpha value is -1.71. The fourth-order valence-corrected chi connectivity index (χ4v) is 3.43. The van der Waals surface area contributed by atoms with Crippen LogP contribution in [0.5, 0.6) is 0 Å². The van der Waals surface area contributed by atoms with E-state index in [9.17, 15) is 9.59 Å². The lowest BCUT2D eigenvalue weighted by atomic mass is 9.99. The molecule has 2 saturated heterocycles. The highest BCUT2D eigenvalue weighted by Gasteiger charge is 2.26. The van der Waals surface area contributed by atoms with Crippen molar-refractivity contribution in [3.63, 3.8) is 0 Å². The molecule has 0 unspecified atom stereocenters. The van der Waals surface area contributed by atoms with Gasteiger partial charge in [-0.1, -0.05) is 18.2 Å². The first kappa shape index (κ1) is 23.0. The number of alkyl halides is 1. The van der Waals surface area contributed by atoms with Crippen molar-refractivity contribution in [1.29, 1.82) is 0 Å². The van der Waals surface area contributed by atoms with E-state index < -0.39 is 12.6 Å². The first-order chi connectivity index (χ1) is 14.7. The van der Waals surface area contributed by atoms with Crippen LogP contribution in [0.15, 0.2) is 18.2 Å². The number of benzene rings is 1. The van der Waals surface area contributed by atoms with E-state index in [-0.39, 0.29) is 17.7 Å². The van der Waals surface area contributed by atoms with Gasteiger partial charge in [-0.25, -0.2) is 0 Å². The zero-order valence-corrected chi connectivity index (χ0v) is 17.7. The minimum absolute atomic E-state index is 0.0788. The van der Waals surface area contributed by atoms with E-state index in [0.717, 1.165) is 29.5 Å². The van der Waals surface area contributed by atoms with Gasteiger partial charge in [-0.3, -0.25) is 9.59 Å². The van der Waals surface area contributed by atoms with Crippen molar-refractivity contribution < 1.29 is 28.5 Å². The standard InChI is InChI=1S/C21H29ClN2O6/c22-14-19(26)24-8-7-23-18(25)6-4-15-3-5-16(20-27-9-1-10-28-20)17(13-15)21-29-11-2-12-30-21/h3,5,13,20-21H,1-2,4,6-12,14H2,(H,23,25)(H,24,26). The molecule has 9 heteroatoms. The van der Waals surface area contributed by atoms with Crippen molar-refractivity contribution in [3.05, 3.63) is 34.9 Å². The molecule has 8 nitrogen and oxygen atoms in total. The molecule has 0 atom stereocenters. The summed E-state index contributed by atoms with van der Waals surface area (Å²) in [5.41, 5.74) is 2.81. The molecule has 2 fully saturated rings. The average Bonchev–Trinajstić information content (AvgIpc) is 2.81. The van der Waals surface area contributed by atoms with Crippen molar-refractivity contribution in [2.45, 2.75) is 38.3 Å². The van der Waals surface area contributed by atoms with Crippen molar-refractivity contribution in [2.24, 2.45) is 0 Å². The van der Waals surface area contributed by atoms with Gasteiger partial charge in [0, 0.05) is 30.6 Å². The van der Waals surface area contributed by atoms with Gasteiger partial charge in [0.05, 0.1) is 26.4 Å². The van der Waals surface area contributed by atoms with E-state index in [1.54, 1.807) is 0 Å². The number of rotatable bonds is 9. The average molecular weight is 441 g/mol. The Labute approximate surface area is 181 Å². The van der Waals surface area contributed by atoms with E-state index in [2.05, 4.69) is 10.6 Å². The summed E-state index contributed by atoms with van der Waals surface area (Å²) in [4.78, 5) is 23.2. The molecule has 1 aromatic carbocycles. The molecule has 0 bridgehead atoms. The maximum atomic E-state index is 12.1. The molecule has 166 valence electrons. The minimum Gasteiger partial charge on any atom is -0.354 e. The van der Waals surface area contributed by atoms with E-state index in [1.807, 2.05) is 18.2 Å². The molecule has 1 aromatic rings. The van der Waals surface area contributed by atoms with Crippen molar-refractivity contribution in [3.8, 4) is 0 Å². The Morgan fingerprint density at radius 1 is 0.867 bits per heavy atom. The van der Waals surface area contributed by atoms with Crippen LogP contribution in [0, 0.1) is 0 Å². The van der Waals surface area contributed by atoms with E-state index in [0.29, 0.717) is 52.4 Å². The molecule has 2 heterocycles. The summed E-state index contributed by atoms with van der Waals surface area (Å²) in [5.74, 6) is -0.418. The van der Waals surface area contributed by atoms with Gasteiger partial charge in [-0.05, 0) is 24.8 Å². The van der Waals surface area contributed by atoms with Crippen LogP contribution in [0.2, 0.25) is 0 Å². The number of halogens is 1. The zero-order chi connectivity index (χ0) is 21.2. The van der Waals surface area contributed by atoms with Gasteiger partial charge in [0.25, 0.3) is 0 Å². The van der Waals surface area contributed by atoms with Crippen LogP contribution in [0.1, 0.15) is 48.5 Å². The van der Waals surface area contributed by atoms with Gasteiger partial charge in [-0.15, -0.1) is 11.6 Å². The second-order valence-electron chi connectivity index (χ2n) is 7.15. The van der Waals surface area contributed by atoms with Crippen LogP contribution in [-0.4, -0.2) is 57.2 Å².